The molecule has 1 heterocycles. The maximum absolute atomic E-state index is 12.6. The van der Waals surface area contributed by atoms with Crippen molar-refractivity contribution in [3.05, 3.63) is 53.6 Å². The van der Waals surface area contributed by atoms with E-state index < -0.39 is 0 Å². The smallest absolute Gasteiger partial charge is 0.227 e. The standard InChI is InChI=1S/C23H24N2O3/c1-27-21-10-9-17(12-22(21)28-20-7-2-3-8-20)18-13-23(26)25(15-18)19-6-4-5-16(11-19)14-24/h4-6,9-12,18,20H,2-3,7-8,13,15H2,1H3/t18-/m1/s1. The van der Waals surface area contributed by atoms with Gasteiger partial charge in [-0.05, 0) is 61.6 Å². The van der Waals surface area contributed by atoms with Crippen molar-refractivity contribution in [2.45, 2.75) is 44.1 Å². The van der Waals surface area contributed by atoms with Gasteiger partial charge in [0.15, 0.2) is 11.5 Å². The molecule has 0 N–H and O–H groups in total. The fourth-order valence-corrected chi connectivity index (χ4v) is 4.15. The molecule has 2 fully saturated rings. The van der Waals surface area contributed by atoms with Crippen LogP contribution in [-0.2, 0) is 4.79 Å². The van der Waals surface area contributed by atoms with Crippen molar-refractivity contribution in [2.24, 2.45) is 0 Å². The van der Waals surface area contributed by atoms with Gasteiger partial charge in [-0.3, -0.25) is 4.79 Å². The van der Waals surface area contributed by atoms with E-state index >= 15 is 0 Å². The van der Waals surface area contributed by atoms with Gasteiger partial charge in [-0.1, -0.05) is 12.1 Å². The molecule has 1 saturated heterocycles. The lowest BCUT2D eigenvalue weighted by molar-refractivity contribution is -0.117. The Morgan fingerprint density at radius 2 is 1.93 bits per heavy atom. The van der Waals surface area contributed by atoms with E-state index in [-0.39, 0.29) is 17.9 Å². The maximum atomic E-state index is 12.6. The molecule has 1 saturated carbocycles. The Hall–Kier alpha value is -3.00. The van der Waals surface area contributed by atoms with E-state index in [1.54, 1.807) is 24.1 Å². The summed E-state index contributed by atoms with van der Waals surface area (Å²) in [5.41, 5.74) is 2.43. The molecule has 28 heavy (non-hydrogen) atoms. The van der Waals surface area contributed by atoms with Crippen molar-refractivity contribution < 1.29 is 14.3 Å². The molecule has 1 amide bonds. The first-order valence-corrected chi connectivity index (χ1v) is 9.83. The number of carbonyl (C=O) groups is 1. The number of rotatable bonds is 5. The summed E-state index contributed by atoms with van der Waals surface area (Å²) in [6.45, 7) is 0.600. The van der Waals surface area contributed by atoms with Gasteiger partial charge in [-0.2, -0.15) is 5.26 Å². The molecule has 5 heteroatoms. The Bertz CT molecular complexity index is 912. The van der Waals surface area contributed by atoms with Gasteiger partial charge in [-0.15, -0.1) is 0 Å². The highest BCUT2D eigenvalue weighted by molar-refractivity contribution is 5.96. The number of anilines is 1. The molecular weight excluding hydrogens is 352 g/mol. The minimum Gasteiger partial charge on any atom is -0.493 e. The van der Waals surface area contributed by atoms with Crippen LogP contribution in [0.25, 0.3) is 0 Å². The molecule has 0 aromatic heterocycles. The summed E-state index contributed by atoms with van der Waals surface area (Å²) in [5.74, 6) is 1.67. The van der Waals surface area contributed by atoms with Crippen LogP contribution in [0.5, 0.6) is 11.5 Å². The summed E-state index contributed by atoms with van der Waals surface area (Å²) >= 11 is 0. The lowest BCUT2D eigenvalue weighted by atomic mass is 9.98. The van der Waals surface area contributed by atoms with E-state index in [0.29, 0.717) is 18.5 Å². The first-order chi connectivity index (χ1) is 13.7. The van der Waals surface area contributed by atoms with Crippen LogP contribution in [-0.4, -0.2) is 25.7 Å². The highest BCUT2D eigenvalue weighted by Crippen LogP contribution is 2.38. The van der Waals surface area contributed by atoms with Crippen LogP contribution in [0.1, 0.15) is 49.1 Å². The number of benzene rings is 2. The number of nitriles is 1. The Labute approximate surface area is 165 Å². The van der Waals surface area contributed by atoms with E-state index in [4.69, 9.17) is 14.7 Å². The zero-order valence-corrected chi connectivity index (χ0v) is 16.1. The number of carbonyl (C=O) groups excluding carboxylic acids is 1. The van der Waals surface area contributed by atoms with Crippen LogP contribution in [0.2, 0.25) is 0 Å². The zero-order chi connectivity index (χ0) is 19.5. The first kappa shape index (κ1) is 18.4. The van der Waals surface area contributed by atoms with Gasteiger partial charge in [0.05, 0.1) is 24.8 Å². The maximum Gasteiger partial charge on any atom is 0.227 e. The molecule has 0 bridgehead atoms. The molecule has 1 atom stereocenters. The van der Waals surface area contributed by atoms with Crippen molar-refractivity contribution in [2.75, 3.05) is 18.6 Å². The van der Waals surface area contributed by atoms with Crippen LogP contribution in [0.3, 0.4) is 0 Å². The topological polar surface area (TPSA) is 62.6 Å². The van der Waals surface area contributed by atoms with Crippen molar-refractivity contribution in [1.82, 2.24) is 0 Å². The average molecular weight is 376 g/mol. The molecule has 2 aromatic rings. The number of hydrogen-bond donors (Lipinski definition) is 0. The largest absolute Gasteiger partial charge is 0.493 e. The molecule has 0 spiro atoms. The number of ether oxygens (including phenoxy) is 2. The predicted octanol–water partition coefficient (Wildman–Crippen LogP) is 4.41. The summed E-state index contributed by atoms with van der Waals surface area (Å²) in [7, 11) is 1.65. The van der Waals surface area contributed by atoms with E-state index in [9.17, 15) is 4.79 Å². The summed E-state index contributed by atoms with van der Waals surface area (Å²) in [6, 6.07) is 15.3. The lowest BCUT2D eigenvalue weighted by Crippen LogP contribution is -2.24. The van der Waals surface area contributed by atoms with Crippen molar-refractivity contribution in [1.29, 1.82) is 5.26 Å². The Morgan fingerprint density at radius 1 is 1.11 bits per heavy atom. The van der Waals surface area contributed by atoms with E-state index in [1.807, 2.05) is 30.3 Å². The second-order valence-corrected chi connectivity index (χ2v) is 7.50. The predicted molar refractivity (Wildman–Crippen MR) is 107 cm³/mol. The van der Waals surface area contributed by atoms with Crippen LogP contribution in [0, 0.1) is 11.3 Å². The first-order valence-electron chi connectivity index (χ1n) is 9.83. The Kier molecular flexibility index (Phi) is 5.21. The monoisotopic (exact) mass is 376 g/mol. The minimum absolute atomic E-state index is 0.0779. The van der Waals surface area contributed by atoms with E-state index in [1.165, 1.54) is 12.8 Å². The van der Waals surface area contributed by atoms with Gasteiger partial charge in [0.1, 0.15) is 0 Å². The van der Waals surface area contributed by atoms with Gasteiger partial charge in [0.25, 0.3) is 0 Å². The average Bonchev–Trinajstić information content (AvgIpc) is 3.37. The van der Waals surface area contributed by atoms with Gasteiger partial charge in [0.2, 0.25) is 5.91 Å². The molecule has 0 radical (unpaired) electrons. The molecule has 144 valence electrons. The molecule has 2 aromatic carbocycles. The SMILES string of the molecule is COc1ccc([C@@H]2CC(=O)N(c3cccc(C#N)c3)C2)cc1OC1CCCC1. The number of hydrogen-bond acceptors (Lipinski definition) is 4. The van der Waals surface area contributed by atoms with E-state index in [2.05, 4.69) is 6.07 Å². The van der Waals surface area contributed by atoms with Gasteiger partial charge < -0.3 is 14.4 Å². The van der Waals surface area contributed by atoms with Crippen LogP contribution >= 0.6 is 0 Å². The highest BCUT2D eigenvalue weighted by atomic mass is 16.5. The zero-order valence-electron chi connectivity index (χ0n) is 16.1. The quantitative estimate of drug-likeness (QED) is 0.775. The van der Waals surface area contributed by atoms with E-state index in [0.717, 1.165) is 35.6 Å². The van der Waals surface area contributed by atoms with Crippen molar-refractivity contribution in [3.63, 3.8) is 0 Å². The van der Waals surface area contributed by atoms with Gasteiger partial charge in [0, 0.05) is 24.6 Å². The van der Waals surface area contributed by atoms with Gasteiger partial charge in [-0.25, -0.2) is 0 Å². The number of amides is 1. The fraction of sp³-hybridized carbons (Fsp3) is 0.391. The number of methoxy groups -OCH3 is 1. The third kappa shape index (κ3) is 3.68. The minimum atomic E-state index is 0.0779. The third-order valence-electron chi connectivity index (χ3n) is 5.67. The van der Waals surface area contributed by atoms with Crippen LogP contribution < -0.4 is 14.4 Å². The van der Waals surface area contributed by atoms with Crippen LogP contribution in [0.4, 0.5) is 5.69 Å². The van der Waals surface area contributed by atoms with Gasteiger partial charge >= 0.3 is 0 Å². The Morgan fingerprint density at radius 3 is 2.68 bits per heavy atom. The molecule has 1 aliphatic heterocycles. The second kappa shape index (κ2) is 7.93. The van der Waals surface area contributed by atoms with Crippen molar-refractivity contribution in [3.8, 4) is 17.6 Å². The molecular formula is C23H24N2O3. The Balaban J connectivity index is 1.55. The second-order valence-electron chi connectivity index (χ2n) is 7.50. The van der Waals surface area contributed by atoms with Crippen molar-refractivity contribution >= 4 is 11.6 Å². The number of nitrogens with zero attached hydrogens (tertiary/aromatic N) is 2. The normalized spacial score (nSPS) is 19.6. The van der Waals surface area contributed by atoms with Crippen LogP contribution in [0.15, 0.2) is 42.5 Å². The molecule has 1 aliphatic carbocycles. The summed E-state index contributed by atoms with van der Waals surface area (Å²) in [4.78, 5) is 14.4. The highest BCUT2D eigenvalue weighted by Gasteiger charge is 2.32. The summed E-state index contributed by atoms with van der Waals surface area (Å²) in [6.07, 6.45) is 5.28. The summed E-state index contributed by atoms with van der Waals surface area (Å²) in [5, 5.41) is 9.12. The fourth-order valence-electron chi connectivity index (χ4n) is 4.15. The molecule has 2 aliphatic rings. The molecule has 4 rings (SSSR count). The molecule has 0 unspecified atom stereocenters. The summed E-state index contributed by atoms with van der Waals surface area (Å²) < 4.78 is 11.7. The lowest BCUT2D eigenvalue weighted by Gasteiger charge is -2.19. The molecule has 5 nitrogen and oxygen atoms in total. The third-order valence-corrected chi connectivity index (χ3v) is 5.67.